The lowest BCUT2D eigenvalue weighted by Gasteiger charge is -2.31. The molecule has 0 atom stereocenters. The second kappa shape index (κ2) is 10.1. The van der Waals surface area contributed by atoms with E-state index in [2.05, 4.69) is 18.5 Å². The van der Waals surface area contributed by atoms with Crippen molar-refractivity contribution < 1.29 is 14.3 Å². The highest BCUT2D eigenvalue weighted by Gasteiger charge is 2.35. The number of carbonyl (C=O) groups is 2. The zero-order valence-corrected chi connectivity index (χ0v) is 15.6. The van der Waals surface area contributed by atoms with Crippen molar-refractivity contribution in [2.24, 2.45) is 5.73 Å². The fraction of sp³-hybridized carbons (Fsp3) is 0.368. The zero-order chi connectivity index (χ0) is 18.3. The van der Waals surface area contributed by atoms with Crippen molar-refractivity contribution in [2.45, 2.75) is 18.4 Å². The normalized spacial score (nSPS) is 15.3. The van der Waals surface area contributed by atoms with Gasteiger partial charge in [-0.05, 0) is 37.1 Å². The highest BCUT2D eigenvalue weighted by molar-refractivity contribution is 5.99. The van der Waals surface area contributed by atoms with Gasteiger partial charge in [-0.25, -0.2) is 0 Å². The summed E-state index contributed by atoms with van der Waals surface area (Å²) in [4.78, 5) is 26.5. The fourth-order valence-corrected chi connectivity index (χ4v) is 2.65. The van der Waals surface area contributed by atoms with E-state index in [1.807, 2.05) is 0 Å². The molecule has 7 heteroatoms. The summed E-state index contributed by atoms with van der Waals surface area (Å²) in [7, 11) is 0. The van der Waals surface area contributed by atoms with E-state index >= 15 is 0 Å². The molecule has 2 amide bonds. The van der Waals surface area contributed by atoms with Crippen LogP contribution in [-0.2, 0) is 9.53 Å². The Kier molecular flexibility index (Phi) is 8.51. The number of halogens is 1. The summed E-state index contributed by atoms with van der Waals surface area (Å²) in [6, 6.07) is 6.77. The molecule has 142 valence electrons. The van der Waals surface area contributed by atoms with Crippen molar-refractivity contribution in [3.8, 4) is 0 Å². The topological polar surface area (TPSA) is 84.7 Å². The number of nitrogens with one attached hydrogen (secondary N) is 1. The summed E-state index contributed by atoms with van der Waals surface area (Å²) in [5, 5.41) is 2.82. The van der Waals surface area contributed by atoms with Gasteiger partial charge in [0.25, 0.3) is 5.91 Å². The van der Waals surface area contributed by atoms with E-state index < -0.39 is 5.54 Å². The predicted octanol–water partition coefficient (Wildman–Crippen LogP) is 2.37. The molecule has 0 aliphatic carbocycles. The van der Waals surface area contributed by atoms with Crippen molar-refractivity contribution in [1.82, 2.24) is 4.90 Å². The molecule has 0 unspecified atom stereocenters. The summed E-state index contributed by atoms with van der Waals surface area (Å²) < 4.78 is 5.25. The van der Waals surface area contributed by atoms with Gasteiger partial charge >= 0.3 is 0 Å². The lowest BCUT2D eigenvalue weighted by atomic mass is 9.90. The van der Waals surface area contributed by atoms with Gasteiger partial charge in [0.2, 0.25) is 5.91 Å². The Morgan fingerprint density at radius 2 is 1.69 bits per heavy atom. The van der Waals surface area contributed by atoms with E-state index in [0.29, 0.717) is 50.4 Å². The smallest absolute Gasteiger partial charge is 0.254 e. The van der Waals surface area contributed by atoms with Crippen LogP contribution in [0.5, 0.6) is 0 Å². The fourth-order valence-electron chi connectivity index (χ4n) is 2.65. The number of amides is 2. The Hall–Kier alpha value is -2.15. The first-order valence-electron chi connectivity index (χ1n) is 8.29. The average molecular weight is 380 g/mol. The molecule has 0 aromatic heterocycles. The Morgan fingerprint density at radius 1 is 1.15 bits per heavy atom. The number of nitrogens with zero attached hydrogens (tertiary/aromatic N) is 1. The number of anilines is 1. The molecule has 1 fully saturated rings. The van der Waals surface area contributed by atoms with Crippen LogP contribution in [0.3, 0.4) is 0 Å². The van der Waals surface area contributed by atoms with Crippen LogP contribution in [0.15, 0.2) is 49.6 Å². The molecule has 0 saturated carbocycles. The molecule has 1 aliphatic rings. The number of nitrogens with two attached hydrogens (primary N) is 1. The summed E-state index contributed by atoms with van der Waals surface area (Å²) in [6.07, 6.45) is 4.33. The van der Waals surface area contributed by atoms with Crippen LogP contribution in [0.2, 0.25) is 0 Å². The number of ether oxygens (including phenoxy) is 1. The Balaban J connectivity index is 0.00000338. The maximum Gasteiger partial charge on any atom is 0.254 e. The van der Waals surface area contributed by atoms with Gasteiger partial charge in [0.05, 0.1) is 0 Å². The molecule has 1 aromatic carbocycles. The second-order valence-corrected chi connectivity index (χ2v) is 6.09. The Labute approximate surface area is 160 Å². The van der Waals surface area contributed by atoms with Crippen LogP contribution in [0, 0.1) is 0 Å². The molecule has 0 spiro atoms. The molecule has 3 N–H and O–H groups in total. The number of rotatable bonds is 7. The largest absolute Gasteiger partial charge is 0.381 e. The summed E-state index contributed by atoms with van der Waals surface area (Å²) in [5.41, 5.74) is 6.40. The van der Waals surface area contributed by atoms with Gasteiger partial charge < -0.3 is 20.7 Å². The Morgan fingerprint density at radius 3 is 2.19 bits per heavy atom. The minimum Gasteiger partial charge on any atom is -0.381 e. The first kappa shape index (κ1) is 21.9. The van der Waals surface area contributed by atoms with Crippen molar-refractivity contribution in [3.05, 3.63) is 55.1 Å². The lowest BCUT2D eigenvalue weighted by molar-refractivity contribution is -0.124. The van der Waals surface area contributed by atoms with E-state index in [-0.39, 0.29) is 24.2 Å². The van der Waals surface area contributed by atoms with Crippen LogP contribution in [-0.4, -0.2) is 48.6 Å². The highest BCUT2D eigenvalue weighted by Crippen LogP contribution is 2.20. The number of benzene rings is 1. The van der Waals surface area contributed by atoms with Gasteiger partial charge in [-0.1, -0.05) is 12.2 Å². The molecule has 26 heavy (non-hydrogen) atoms. The van der Waals surface area contributed by atoms with Crippen molar-refractivity contribution in [3.63, 3.8) is 0 Å². The molecule has 1 heterocycles. The minimum atomic E-state index is -0.905. The van der Waals surface area contributed by atoms with Crippen molar-refractivity contribution >= 4 is 29.9 Å². The highest BCUT2D eigenvalue weighted by atomic mass is 35.5. The van der Waals surface area contributed by atoms with Gasteiger partial charge in [0, 0.05) is 37.6 Å². The minimum absolute atomic E-state index is 0. The maximum atomic E-state index is 12.5. The number of hydrogen-bond acceptors (Lipinski definition) is 4. The van der Waals surface area contributed by atoms with E-state index in [4.69, 9.17) is 10.5 Å². The van der Waals surface area contributed by atoms with Crippen molar-refractivity contribution in [1.29, 1.82) is 0 Å². The first-order valence-corrected chi connectivity index (χ1v) is 8.29. The van der Waals surface area contributed by atoms with E-state index in [1.165, 1.54) is 0 Å². The van der Waals surface area contributed by atoms with Crippen LogP contribution < -0.4 is 11.1 Å². The molecule has 2 rings (SSSR count). The molecule has 1 aliphatic heterocycles. The molecular weight excluding hydrogens is 354 g/mol. The molecule has 1 aromatic rings. The third kappa shape index (κ3) is 5.42. The average Bonchev–Trinajstić information content (AvgIpc) is 2.62. The second-order valence-electron chi connectivity index (χ2n) is 6.09. The third-order valence-electron chi connectivity index (χ3n) is 4.21. The van der Waals surface area contributed by atoms with Gasteiger partial charge in [-0.15, -0.1) is 25.6 Å². The van der Waals surface area contributed by atoms with E-state index in [0.717, 1.165) is 0 Å². The van der Waals surface area contributed by atoms with Crippen LogP contribution in [0.4, 0.5) is 5.69 Å². The molecule has 1 saturated heterocycles. The van der Waals surface area contributed by atoms with Crippen LogP contribution in [0.1, 0.15) is 23.2 Å². The van der Waals surface area contributed by atoms with E-state index in [1.54, 1.807) is 41.3 Å². The quantitative estimate of drug-likeness (QED) is 0.712. The lowest BCUT2D eigenvalue weighted by Crippen LogP contribution is -2.54. The standard InChI is InChI=1S/C19H25N3O3.ClH/c1-3-11-22(12-4-2)17(23)15-5-7-16(8-6-15)21-18(24)19(20)9-13-25-14-10-19;/h3-8H,1-2,9-14,20H2,(H,21,24);1H. The first-order chi connectivity index (χ1) is 12.0. The van der Waals surface area contributed by atoms with Gasteiger partial charge in [0.15, 0.2) is 0 Å². The van der Waals surface area contributed by atoms with E-state index in [9.17, 15) is 9.59 Å². The summed E-state index contributed by atoms with van der Waals surface area (Å²) in [5.74, 6) is -0.341. The number of hydrogen-bond donors (Lipinski definition) is 2. The summed E-state index contributed by atoms with van der Waals surface area (Å²) >= 11 is 0. The van der Waals surface area contributed by atoms with Gasteiger partial charge in [0.1, 0.15) is 5.54 Å². The molecule has 6 nitrogen and oxygen atoms in total. The van der Waals surface area contributed by atoms with Crippen molar-refractivity contribution in [2.75, 3.05) is 31.6 Å². The van der Waals surface area contributed by atoms with Crippen LogP contribution >= 0.6 is 12.4 Å². The Bertz CT molecular complexity index is 630. The monoisotopic (exact) mass is 379 g/mol. The SMILES string of the molecule is C=CCN(CC=C)C(=O)c1ccc(NC(=O)C2(N)CCOCC2)cc1.Cl. The number of carbonyl (C=O) groups excluding carboxylic acids is 2. The third-order valence-corrected chi connectivity index (χ3v) is 4.21. The molecule has 0 bridgehead atoms. The van der Waals surface area contributed by atoms with Gasteiger partial charge in [-0.3, -0.25) is 9.59 Å². The maximum absolute atomic E-state index is 12.5. The van der Waals surface area contributed by atoms with Gasteiger partial charge in [-0.2, -0.15) is 0 Å². The predicted molar refractivity (Wildman–Crippen MR) is 106 cm³/mol. The summed E-state index contributed by atoms with van der Waals surface area (Å²) in [6.45, 7) is 9.18. The molecular formula is C19H26ClN3O3. The zero-order valence-electron chi connectivity index (χ0n) is 14.8. The molecule has 0 radical (unpaired) electrons. The van der Waals surface area contributed by atoms with Crippen LogP contribution in [0.25, 0.3) is 0 Å².